The summed E-state index contributed by atoms with van der Waals surface area (Å²) in [5, 5.41) is 5.84. The molecule has 0 radical (unpaired) electrons. The van der Waals surface area contributed by atoms with Gasteiger partial charge in [-0.3, -0.25) is 28.9 Å². The lowest BCUT2D eigenvalue weighted by atomic mass is 9.68. The van der Waals surface area contributed by atoms with Crippen molar-refractivity contribution >= 4 is 29.4 Å². The molecule has 3 rings (SSSR count). The molecule has 2 aromatic carbocycles. The molecular weight excluding hydrogens is 618 g/mol. The summed E-state index contributed by atoms with van der Waals surface area (Å²) in [6, 6.07) is 15.5. The highest BCUT2D eigenvalue weighted by Crippen LogP contribution is 2.42. The molecular formula is C36H52ClN5O5. The maximum Gasteiger partial charge on any atom is 0.251 e. The van der Waals surface area contributed by atoms with Gasteiger partial charge in [-0.25, -0.2) is 0 Å². The number of primary amides is 1. The molecule has 258 valence electrons. The molecule has 0 aromatic heterocycles. The van der Waals surface area contributed by atoms with Gasteiger partial charge in [0.1, 0.15) is 0 Å². The van der Waals surface area contributed by atoms with Crippen molar-refractivity contribution in [2.75, 3.05) is 40.8 Å². The highest BCUT2D eigenvalue weighted by Gasteiger charge is 2.49. The predicted octanol–water partition coefficient (Wildman–Crippen LogP) is 0.747. The quantitative estimate of drug-likeness (QED) is 0.138. The number of rotatable bonds is 16. The van der Waals surface area contributed by atoms with Crippen molar-refractivity contribution < 1.29 is 40.9 Å². The molecule has 3 atom stereocenters. The lowest BCUT2D eigenvalue weighted by Gasteiger charge is -2.51. The summed E-state index contributed by atoms with van der Waals surface area (Å²) in [7, 11) is 6.21. The van der Waals surface area contributed by atoms with Crippen molar-refractivity contribution in [3.63, 3.8) is 0 Å². The van der Waals surface area contributed by atoms with E-state index in [2.05, 4.69) is 31.8 Å². The molecule has 10 nitrogen and oxygen atoms in total. The highest BCUT2D eigenvalue weighted by molar-refractivity contribution is 6.09. The van der Waals surface area contributed by atoms with Gasteiger partial charge in [0.05, 0.1) is 21.1 Å². The average molecular weight is 670 g/mol. The molecule has 47 heavy (non-hydrogen) atoms. The molecule has 2 aromatic rings. The Morgan fingerprint density at radius 2 is 1.45 bits per heavy atom. The maximum atomic E-state index is 13.7. The van der Waals surface area contributed by atoms with E-state index in [4.69, 9.17) is 5.73 Å². The first-order valence-corrected chi connectivity index (χ1v) is 16.2. The zero-order chi connectivity index (χ0) is 34.3. The molecule has 3 unspecified atom stereocenters. The van der Waals surface area contributed by atoms with Gasteiger partial charge in [-0.05, 0) is 37.8 Å². The second-order valence-corrected chi connectivity index (χ2v) is 14.4. The molecule has 1 heterocycles. The van der Waals surface area contributed by atoms with E-state index >= 15 is 0 Å². The zero-order valence-electron chi connectivity index (χ0n) is 28.9. The van der Waals surface area contributed by atoms with E-state index < -0.39 is 22.7 Å². The largest absolute Gasteiger partial charge is 1.00 e. The number of likely N-dealkylation sites (tertiary alicyclic amines) is 1. The number of nitrogens with one attached hydrogen (secondary N) is 2. The van der Waals surface area contributed by atoms with E-state index in [1.807, 2.05) is 38.7 Å². The number of amides is 4. The monoisotopic (exact) mass is 669 g/mol. The number of hydrogen-bond donors (Lipinski definition) is 3. The summed E-state index contributed by atoms with van der Waals surface area (Å²) >= 11 is 0. The minimum Gasteiger partial charge on any atom is -1.00 e. The number of carbonyl (C=O) groups excluding carboxylic acids is 5. The van der Waals surface area contributed by atoms with E-state index in [0.717, 1.165) is 6.42 Å². The van der Waals surface area contributed by atoms with Crippen LogP contribution >= 0.6 is 0 Å². The molecule has 1 aliphatic rings. The highest BCUT2D eigenvalue weighted by atomic mass is 35.5. The van der Waals surface area contributed by atoms with E-state index in [-0.39, 0.29) is 54.9 Å². The fraction of sp³-hybridized carbons (Fsp3) is 0.528. The number of carbonyl (C=O) groups is 5. The molecule has 4 amide bonds. The first-order valence-electron chi connectivity index (χ1n) is 16.2. The Balaban J connectivity index is 0.00000768. The smallest absolute Gasteiger partial charge is 0.251 e. The molecule has 11 heteroatoms. The van der Waals surface area contributed by atoms with Crippen molar-refractivity contribution in [1.82, 2.24) is 15.5 Å². The Morgan fingerprint density at radius 3 is 1.96 bits per heavy atom. The summed E-state index contributed by atoms with van der Waals surface area (Å²) in [5.74, 6) is -1.59. The van der Waals surface area contributed by atoms with Crippen LogP contribution in [0.15, 0.2) is 54.6 Å². The van der Waals surface area contributed by atoms with Gasteiger partial charge in [0.15, 0.2) is 11.9 Å². The Labute approximate surface area is 285 Å². The molecule has 0 aliphatic carbocycles. The van der Waals surface area contributed by atoms with Crippen LogP contribution < -0.4 is 28.8 Å². The molecule has 4 N–H and O–H groups in total. The third-order valence-corrected chi connectivity index (χ3v) is 9.06. The molecule has 1 aliphatic heterocycles. The standard InChI is InChI=1S/C36H51N5O5.ClH/c1-8-25(31(37)43)23-36(4,24-35(2,3)34(46)40-22-19-29(40)41(5,6)7)33(45)39-21-12-20-38-32(44)28-17-15-27(16-18-28)30(42)26-13-10-9-11-14-26;/h9-11,13-18,25,29H,8,12,19-24H2,1-7H3,(H3-,37,38,39,43,44,45);1H. The summed E-state index contributed by atoms with van der Waals surface area (Å²) in [5.41, 5.74) is 5.33. The Morgan fingerprint density at radius 1 is 0.894 bits per heavy atom. The van der Waals surface area contributed by atoms with Crippen molar-refractivity contribution in [3.8, 4) is 0 Å². The van der Waals surface area contributed by atoms with Gasteiger partial charge in [0.25, 0.3) is 5.91 Å². The summed E-state index contributed by atoms with van der Waals surface area (Å²) in [4.78, 5) is 66.9. The zero-order valence-corrected chi connectivity index (χ0v) is 29.7. The van der Waals surface area contributed by atoms with E-state index in [1.54, 1.807) is 48.5 Å². The summed E-state index contributed by atoms with van der Waals surface area (Å²) < 4.78 is 0.648. The van der Waals surface area contributed by atoms with Gasteiger partial charge in [0.2, 0.25) is 17.7 Å². The van der Waals surface area contributed by atoms with Crippen LogP contribution in [0.4, 0.5) is 0 Å². The number of benzene rings is 2. The van der Waals surface area contributed by atoms with Crippen LogP contribution in [0.2, 0.25) is 0 Å². The molecule has 1 fully saturated rings. The second kappa shape index (κ2) is 16.4. The predicted molar refractivity (Wildman–Crippen MR) is 179 cm³/mol. The number of nitrogens with two attached hydrogens (primary N) is 1. The fourth-order valence-electron chi connectivity index (χ4n) is 6.43. The number of nitrogens with zero attached hydrogens (tertiary/aromatic N) is 2. The molecule has 0 bridgehead atoms. The average Bonchev–Trinajstić information content (AvgIpc) is 2.97. The van der Waals surface area contributed by atoms with Gasteiger partial charge in [-0.15, -0.1) is 0 Å². The van der Waals surface area contributed by atoms with Crippen LogP contribution in [0.3, 0.4) is 0 Å². The van der Waals surface area contributed by atoms with Gasteiger partial charge in [-0.2, -0.15) is 0 Å². The van der Waals surface area contributed by atoms with Crippen molar-refractivity contribution in [3.05, 3.63) is 71.3 Å². The Hall–Kier alpha value is -3.76. The lowest BCUT2D eigenvalue weighted by molar-refractivity contribution is -0.913. The van der Waals surface area contributed by atoms with Crippen LogP contribution in [-0.4, -0.2) is 85.7 Å². The number of hydrogen-bond acceptors (Lipinski definition) is 5. The van der Waals surface area contributed by atoms with Gasteiger partial charge < -0.3 is 33.3 Å². The minimum atomic E-state index is -1.02. The van der Waals surface area contributed by atoms with Crippen LogP contribution in [0, 0.1) is 16.7 Å². The number of ketones is 1. The van der Waals surface area contributed by atoms with Crippen molar-refractivity contribution in [1.29, 1.82) is 0 Å². The van der Waals surface area contributed by atoms with E-state index in [9.17, 15) is 24.0 Å². The SMILES string of the molecule is CCC(CC(C)(CC(C)(C)C(=O)N1CCC1[N+](C)(C)C)C(=O)NCCCNC(=O)c1ccc(C(=O)c2ccccc2)cc1)C(N)=O.[Cl-]. The van der Waals surface area contributed by atoms with Crippen molar-refractivity contribution in [2.45, 2.75) is 66.0 Å². The van der Waals surface area contributed by atoms with Crippen LogP contribution in [0.25, 0.3) is 0 Å². The maximum absolute atomic E-state index is 13.7. The summed E-state index contributed by atoms with van der Waals surface area (Å²) in [6.07, 6.45) is 2.49. The Kier molecular flexibility index (Phi) is 13.7. The minimum absolute atomic E-state index is 0. The number of quaternary nitrogens is 1. The van der Waals surface area contributed by atoms with Crippen LogP contribution in [0.5, 0.6) is 0 Å². The van der Waals surface area contributed by atoms with Gasteiger partial charge >= 0.3 is 0 Å². The third kappa shape index (κ3) is 10.1. The van der Waals surface area contributed by atoms with Gasteiger partial charge in [0, 0.05) is 59.5 Å². The lowest BCUT2D eigenvalue weighted by Crippen LogP contribution is -3.00. The molecule has 1 saturated heterocycles. The number of halogens is 1. The summed E-state index contributed by atoms with van der Waals surface area (Å²) in [6.45, 7) is 8.73. The topological polar surface area (TPSA) is 139 Å². The molecule has 0 saturated carbocycles. The second-order valence-electron chi connectivity index (χ2n) is 14.4. The first-order chi connectivity index (χ1) is 21.5. The van der Waals surface area contributed by atoms with E-state index in [0.29, 0.717) is 53.6 Å². The third-order valence-electron chi connectivity index (χ3n) is 9.06. The van der Waals surface area contributed by atoms with Crippen molar-refractivity contribution in [2.24, 2.45) is 22.5 Å². The first kappa shape index (κ1) is 39.4. The van der Waals surface area contributed by atoms with E-state index in [1.165, 1.54) is 0 Å². The van der Waals surface area contributed by atoms with Crippen LogP contribution in [-0.2, 0) is 14.4 Å². The Bertz CT molecular complexity index is 1410. The van der Waals surface area contributed by atoms with Crippen LogP contribution in [0.1, 0.15) is 86.1 Å². The normalized spacial score (nSPS) is 16.5. The van der Waals surface area contributed by atoms with Gasteiger partial charge in [-0.1, -0.05) is 70.2 Å². The fourth-order valence-corrected chi connectivity index (χ4v) is 6.43. The molecule has 0 spiro atoms.